The van der Waals surface area contributed by atoms with Gasteiger partial charge in [0.15, 0.2) is 0 Å². The summed E-state index contributed by atoms with van der Waals surface area (Å²) in [7, 11) is 0. The number of carbonyl (C=O) groups is 1. The summed E-state index contributed by atoms with van der Waals surface area (Å²) in [6.45, 7) is 4.14. The zero-order valence-corrected chi connectivity index (χ0v) is 8.89. The fraction of sp³-hybridized carbons (Fsp3) is 0.889. The second-order valence-electron chi connectivity index (χ2n) is 3.68. The molecule has 90 valence electrons. The first-order valence-electron chi connectivity index (χ1n) is 4.61. The molecule has 0 spiro atoms. The lowest BCUT2D eigenvalue weighted by Crippen LogP contribution is -2.53. The third-order valence-electron chi connectivity index (χ3n) is 1.79. The maximum absolute atomic E-state index is 12.5. The maximum atomic E-state index is 12.5. The van der Waals surface area contributed by atoms with Gasteiger partial charge in [0.05, 0.1) is 6.61 Å². The summed E-state index contributed by atoms with van der Waals surface area (Å²) in [5.41, 5.74) is -3.39. The Kier molecular flexibility index (Phi) is 4.58. The third kappa shape index (κ3) is 3.37. The molecule has 1 atom stereocenters. The summed E-state index contributed by atoms with van der Waals surface area (Å²) < 4.78 is 41.7. The lowest BCUT2D eigenvalue weighted by Gasteiger charge is -2.29. The Morgan fingerprint density at radius 3 is 2.13 bits per heavy atom. The molecule has 0 aliphatic heterocycles. The van der Waals surface area contributed by atoms with Gasteiger partial charge in [0.2, 0.25) is 0 Å². The predicted molar refractivity (Wildman–Crippen MR) is 47.1 cm³/mol. The lowest BCUT2D eigenvalue weighted by molar-refractivity contribution is -0.266. The van der Waals surface area contributed by atoms with Gasteiger partial charge in [-0.1, -0.05) is 13.8 Å². The topological polar surface area (TPSA) is 46.5 Å². The standard InChI is InChI=1S/C9H15F3O3/c1-4-15-7(13)8(14,5-6(2)3)9(10,11)12/h6,14H,4-5H2,1-3H3/t8-/m0/s1. The average molecular weight is 228 g/mol. The number of alkyl halides is 3. The van der Waals surface area contributed by atoms with Gasteiger partial charge < -0.3 is 9.84 Å². The molecule has 0 aliphatic carbocycles. The van der Waals surface area contributed by atoms with Crippen molar-refractivity contribution in [3.63, 3.8) is 0 Å². The van der Waals surface area contributed by atoms with Gasteiger partial charge in [0.1, 0.15) is 0 Å². The van der Waals surface area contributed by atoms with E-state index in [0.29, 0.717) is 0 Å². The number of rotatable bonds is 4. The fourth-order valence-electron chi connectivity index (χ4n) is 1.16. The van der Waals surface area contributed by atoms with Crippen LogP contribution in [0, 0.1) is 5.92 Å². The Morgan fingerprint density at radius 2 is 1.87 bits per heavy atom. The number of hydrogen-bond acceptors (Lipinski definition) is 3. The Balaban J connectivity index is 4.94. The summed E-state index contributed by atoms with van der Waals surface area (Å²) in [5.74, 6) is -2.10. The van der Waals surface area contributed by atoms with Crippen molar-refractivity contribution in [3.05, 3.63) is 0 Å². The molecular formula is C9H15F3O3. The smallest absolute Gasteiger partial charge is 0.428 e. The van der Waals surface area contributed by atoms with Gasteiger partial charge in [0.25, 0.3) is 5.60 Å². The highest BCUT2D eigenvalue weighted by Gasteiger charge is 2.60. The van der Waals surface area contributed by atoms with E-state index in [1.165, 1.54) is 20.8 Å². The average Bonchev–Trinajstić information content (AvgIpc) is 2.01. The Morgan fingerprint density at radius 1 is 1.40 bits per heavy atom. The van der Waals surface area contributed by atoms with Crippen LogP contribution in [0.5, 0.6) is 0 Å². The van der Waals surface area contributed by atoms with Crippen molar-refractivity contribution >= 4 is 5.97 Å². The van der Waals surface area contributed by atoms with E-state index in [1.807, 2.05) is 0 Å². The minimum absolute atomic E-state index is 0.199. The zero-order chi connectivity index (χ0) is 12.3. The first-order chi connectivity index (χ1) is 6.65. The molecule has 0 rings (SSSR count). The van der Waals surface area contributed by atoms with Crippen LogP contribution in [0.15, 0.2) is 0 Å². The Labute approximate surface area is 86.2 Å². The van der Waals surface area contributed by atoms with Gasteiger partial charge in [-0.3, -0.25) is 0 Å². The van der Waals surface area contributed by atoms with E-state index < -0.39 is 30.1 Å². The predicted octanol–water partition coefficient (Wildman–Crippen LogP) is 1.89. The third-order valence-corrected chi connectivity index (χ3v) is 1.79. The normalized spacial score (nSPS) is 16.3. The molecule has 0 saturated carbocycles. The second-order valence-corrected chi connectivity index (χ2v) is 3.68. The summed E-state index contributed by atoms with van der Waals surface area (Å²) in [6, 6.07) is 0. The summed E-state index contributed by atoms with van der Waals surface area (Å²) in [5, 5.41) is 9.32. The number of ether oxygens (including phenoxy) is 1. The van der Waals surface area contributed by atoms with Crippen LogP contribution in [-0.2, 0) is 9.53 Å². The van der Waals surface area contributed by atoms with Crippen molar-refractivity contribution in [2.45, 2.75) is 39.0 Å². The van der Waals surface area contributed by atoms with E-state index >= 15 is 0 Å². The molecule has 0 aromatic carbocycles. The van der Waals surface area contributed by atoms with Crippen molar-refractivity contribution in [2.24, 2.45) is 5.92 Å². The van der Waals surface area contributed by atoms with Crippen molar-refractivity contribution < 1.29 is 27.8 Å². The van der Waals surface area contributed by atoms with Gasteiger partial charge in [0, 0.05) is 0 Å². The quantitative estimate of drug-likeness (QED) is 0.747. The summed E-state index contributed by atoms with van der Waals surface area (Å²) in [4.78, 5) is 11.1. The molecule has 0 unspecified atom stereocenters. The first-order valence-corrected chi connectivity index (χ1v) is 4.61. The largest absolute Gasteiger partial charge is 0.464 e. The maximum Gasteiger partial charge on any atom is 0.428 e. The van der Waals surface area contributed by atoms with E-state index in [2.05, 4.69) is 4.74 Å². The van der Waals surface area contributed by atoms with E-state index in [0.717, 1.165) is 0 Å². The molecule has 0 radical (unpaired) electrons. The molecule has 0 saturated heterocycles. The van der Waals surface area contributed by atoms with Gasteiger partial charge in [-0.25, -0.2) is 4.79 Å². The van der Waals surface area contributed by atoms with E-state index in [1.54, 1.807) is 0 Å². The molecular weight excluding hydrogens is 213 g/mol. The van der Waals surface area contributed by atoms with Crippen LogP contribution in [0.4, 0.5) is 13.2 Å². The molecule has 0 fully saturated rings. The summed E-state index contributed by atoms with van der Waals surface area (Å²) in [6.07, 6.45) is -5.71. The minimum Gasteiger partial charge on any atom is -0.464 e. The molecule has 6 heteroatoms. The SMILES string of the molecule is CCOC(=O)[C@@](O)(CC(C)C)C(F)(F)F. The second kappa shape index (κ2) is 4.83. The highest BCUT2D eigenvalue weighted by Crippen LogP contribution is 2.36. The molecule has 0 aliphatic rings. The van der Waals surface area contributed by atoms with Crippen LogP contribution >= 0.6 is 0 Å². The van der Waals surface area contributed by atoms with E-state index in [4.69, 9.17) is 0 Å². The molecule has 3 nitrogen and oxygen atoms in total. The highest BCUT2D eigenvalue weighted by atomic mass is 19.4. The summed E-state index contributed by atoms with van der Waals surface area (Å²) >= 11 is 0. The molecule has 1 N–H and O–H groups in total. The molecule has 0 aromatic heterocycles. The molecule has 15 heavy (non-hydrogen) atoms. The van der Waals surface area contributed by atoms with Crippen LogP contribution < -0.4 is 0 Å². The molecule has 0 aromatic rings. The van der Waals surface area contributed by atoms with Gasteiger partial charge in [-0.05, 0) is 19.3 Å². The zero-order valence-electron chi connectivity index (χ0n) is 8.89. The minimum atomic E-state index is -5.01. The van der Waals surface area contributed by atoms with Crippen molar-refractivity contribution in [1.29, 1.82) is 0 Å². The van der Waals surface area contributed by atoms with Crippen molar-refractivity contribution in [3.8, 4) is 0 Å². The molecule has 0 heterocycles. The van der Waals surface area contributed by atoms with Crippen LogP contribution in [0.25, 0.3) is 0 Å². The van der Waals surface area contributed by atoms with Crippen molar-refractivity contribution in [2.75, 3.05) is 6.61 Å². The van der Waals surface area contributed by atoms with Crippen LogP contribution in [0.1, 0.15) is 27.2 Å². The monoisotopic (exact) mass is 228 g/mol. The lowest BCUT2D eigenvalue weighted by atomic mass is 9.92. The van der Waals surface area contributed by atoms with Gasteiger partial charge in [-0.2, -0.15) is 13.2 Å². The number of halogens is 3. The number of carbonyl (C=O) groups excluding carboxylic acids is 1. The van der Waals surface area contributed by atoms with Crippen LogP contribution in [0.3, 0.4) is 0 Å². The number of esters is 1. The number of hydrogen-bond donors (Lipinski definition) is 1. The van der Waals surface area contributed by atoms with Crippen molar-refractivity contribution in [1.82, 2.24) is 0 Å². The van der Waals surface area contributed by atoms with Crippen LogP contribution in [0.2, 0.25) is 0 Å². The first kappa shape index (κ1) is 14.2. The van der Waals surface area contributed by atoms with Gasteiger partial charge >= 0.3 is 12.1 Å². The fourth-order valence-corrected chi connectivity index (χ4v) is 1.16. The molecule has 0 bridgehead atoms. The number of aliphatic hydroxyl groups is 1. The highest BCUT2D eigenvalue weighted by molar-refractivity contribution is 5.80. The van der Waals surface area contributed by atoms with E-state index in [9.17, 15) is 23.1 Å². The van der Waals surface area contributed by atoms with E-state index in [-0.39, 0.29) is 6.61 Å². The molecule has 0 amide bonds. The van der Waals surface area contributed by atoms with Crippen LogP contribution in [-0.4, -0.2) is 29.5 Å². The Hall–Kier alpha value is -0.780. The Bertz CT molecular complexity index is 225. The van der Waals surface area contributed by atoms with Gasteiger partial charge in [-0.15, -0.1) is 0 Å².